The molecule has 0 rings (SSSR count). The van der Waals surface area contributed by atoms with E-state index in [-0.39, 0.29) is 24.9 Å². The molecule has 0 aromatic heterocycles. The van der Waals surface area contributed by atoms with Crippen molar-refractivity contribution in [1.82, 2.24) is 21.3 Å². The van der Waals surface area contributed by atoms with Crippen LogP contribution in [0.3, 0.4) is 0 Å². The van der Waals surface area contributed by atoms with Crippen LogP contribution in [0.2, 0.25) is 0 Å². The number of amides is 4. The van der Waals surface area contributed by atoms with Gasteiger partial charge in [-0.05, 0) is 60.8 Å². The van der Waals surface area contributed by atoms with Crippen LogP contribution in [0.4, 0.5) is 9.59 Å². The Morgan fingerprint density at radius 1 is 0.645 bits per heavy atom. The quantitative estimate of drug-likeness (QED) is 0.453. The van der Waals surface area contributed by atoms with E-state index in [1.54, 1.807) is 55.4 Å². The molecule has 0 fully saturated rings. The van der Waals surface area contributed by atoms with Gasteiger partial charge in [0.2, 0.25) is 11.8 Å². The second-order valence-corrected chi connectivity index (χ2v) is 10.3. The van der Waals surface area contributed by atoms with Crippen molar-refractivity contribution < 1.29 is 28.7 Å². The van der Waals surface area contributed by atoms with Gasteiger partial charge in [-0.2, -0.15) is 0 Å². The molecule has 2 atom stereocenters. The third kappa shape index (κ3) is 14.2. The van der Waals surface area contributed by atoms with Gasteiger partial charge in [-0.3, -0.25) is 9.59 Å². The van der Waals surface area contributed by atoms with Crippen LogP contribution in [-0.2, 0) is 19.1 Å². The Morgan fingerprint density at radius 3 is 1.19 bits per heavy atom. The first-order chi connectivity index (χ1) is 13.8. The number of hydrogen-bond donors (Lipinski definition) is 4. The summed E-state index contributed by atoms with van der Waals surface area (Å²) in [5, 5.41) is 10.5. The molecule has 10 nitrogen and oxygen atoms in total. The van der Waals surface area contributed by atoms with Gasteiger partial charge in [-0.15, -0.1) is 0 Å². The molecule has 0 aromatic rings. The first kappa shape index (κ1) is 28.5. The number of alkyl carbamates (subject to hydrolysis) is 2. The van der Waals surface area contributed by atoms with Crippen LogP contribution in [0, 0.1) is 5.41 Å². The molecular formula is C21H40N4O6. The molecule has 0 spiro atoms. The molecule has 0 radical (unpaired) electrons. The number of carbonyl (C=O) groups is 4. The molecule has 10 heteroatoms. The second kappa shape index (κ2) is 11.2. The van der Waals surface area contributed by atoms with Crippen molar-refractivity contribution in [2.24, 2.45) is 5.41 Å². The van der Waals surface area contributed by atoms with Crippen LogP contribution >= 0.6 is 0 Å². The standard InChI is InChI=1S/C21H40N4O6/c1-13(24-17(28)30-19(3,4)5)15(26)22-11-21(9,10)12-23-16(27)14(2)25-18(29)31-20(6,7)8/h13-14H,11-12H2,1-10H3,(H,22,26)(H,23,27)(H,24,28)(H,25,29)/t13-,14-/m0/s1. The van der Waals surface area contributed by atoms with E-state index in [0.717, 1.165) is 0 Å². The molecule has 31 heavy (non-hydrogen) atoms. The zero-order chi connectivity index (χ0) is 24.6. The Bertz CT molecular complexity index is 595. The molecular weight excluding hydrogens is 404 g/mol. The van der Waals surface area contributed by atoms with Crippen molar-refractivity contribution >= 4 is 24.0 Å². The van der Waals surface area contributed by atoms with Crippen molar-refractivity contribution in [2.75, 3.05) is 13.1 Å². The lowest BCUT2D eigenvalue weighted by molar-refractivity contribution is -0.123. The van der Waals surface area contributed by atoms with Crippen molar-refractivity contribution in [3.8, 4) is 0 Å². The summed E-state index contributed by atoms with van der Waals surface area (Å²) in [4.78, 5) is 48.0. The zero-order valence-electron chi connectivity index (χ0n) is 20.5. The van der Waals surface area contributed by atoms with E-state index < -0.39 is 40.9 Å². The predicted octanol–water partition coefficient (Wildman–Crippen LogP) is 2.07. The Hall–Kier alpha value is -2.52. The maximum Gasteiger partial charge on any atom is 0.408 e. The topological polar surface area (TPSA) is 135 Å². The first-order valence-corrected chi connectivity index (χ1v) is 10.4. The Labute approximate surface area is 185 Å². The second-order valence-electron chi connectivity index (χ2n) is 10.3. The van der Waals surface area contributed by atoms with Gasteiger partial charge in [-0.25, -0.2) is 9.59 Å². The van der Waals surface area contributed by atoms with Gasteiger partial charge in [0, 0.05) is 13.1 Å². The summed E-state index contributed by atoms with van der Waals surface area (Å²) in [6, 6.07) is -1.56. The van der Waals surface area contributed by atoms with E-state index in [4.69, 9.17) is 9.47 Å². The third-order valence-electron chi connectivity index (χ3n) is 3.74. The van der Waals surface area contributed by atoms with E-state index in [9.17, 15) is 19.2 Å². The average molecular weight is 445 g/mol. The summed E-state index contributed by atoms with van der Waals surface area (Å²) in [6.45, 7) is 17.8. The number of rotatable bonds is 8. The van der Waals surface area contributed by atoms with E-state index in [0.29, 0.717) is 0 Å². The average Bonchev–Trinajstić information content (AvgIpc) is 2.53. The highest BCUT2D eigenvalue weighted by Crippen LogP contribution is 2.12. The molecule has 180 valence electrons. The predicted molar refractivity (Wildman–Crippen MR) is 117 cm³/mol. The molecule has 0 aliphatic carbocycles. The molecule has 0 aliphatic rings. The van der Waals surface area contributed by atoms with Crippen molar-refractivity contribution in [2.45, 2.75) is 92.5 Å². The minimum Gasteiger partial charge on any atom is -0.444 e. The minimum atomic E-state index is -0.779. The lowest BCUT2D eigenvalue weighted by atomic mass is 9.93. The van der Waals surface area contributed by atoms with Gasteiger partial charge in [0.05, 0.1) is 0 Å². The SMILES string of the molecule is C[C@H](NC(=O)OC(C)(C)C)C(=O)NCC(C)(C)CNC(=O)[C@H](C)NC(=O)OC(C)(C)C. The maximum absolute atomic E-state index is 12.2. The van der Waals surface area contributed by atoms with E-state index >= 15 is 0 Å². The van der Waals surface area contributed by atoms with Gasteiger partial charge >= 0.3 is 12.2 Å². The van der Waals surface area contributed by atoms with Crippen molar-refractivity contribution in [1.29, 1.82) is 0 Å². The van der Waals surface area contributed by atoms with Gasteiger partial charge in [0.15, 0.2) is 0 Å². The number of hydrogen-bond acceptors (Lipinski definition) is 6. The monoisotopic (exact) mass is 444 g/mol. The van der Waals surface area contributed by atoms with Gasteiger partial charge in [0.25, 0.3) is 0 Å². The van der Waals surface area contributed by atoms with Gasteiger partial charge in [0.1, 0.15) is 23.3 Å². The largest absolute Gasteiger partial charge is 0.444 e. The summed E-state index contributed by atoms with van der Waals surface area (Å²) in [5.41, 5.74) is -1.78. The maximum atomic E-state index is 12.2. The zero-order valence-corrected chi connectivity index (χ0v) is 20.5. The smallest absolute Gasteiger partial charge is 0.408 e. The molecule has 4 amide bonds. The van der Waals surface area contributed by atoms with E-state index in [2.05, 4.69) is 21.3 Å². The fourth-order valence-electron chi connectivity index (χ4n) is 2.12. The highest BCUT2D eigenvalue weighted by atomic mass is 16.6. The van der Waals surface area contributed by atoms with Crippen molar-refractivity contribution in [3.63, 3.8) is 0 Å². The molecule has 0 aromatic carbocycles. The normalized spacial score (nSPS) is 14.0. The highest BCUT2D eigenvalue weighted by molar-refractivity contribution is 5.86. The fourth-order valence-corrected chi connectivity index (χ4v) is 2.12. The van der Waals surface area contributed by atoms with Gasteiger partial charge in [-0.1, -0.05) is 13.8 Å². The van der Waals surface area contributed by atoms with Crippen molar-refractivity contribution in [3.05, 3.63) is 0 Å². The van der Waals surface area contributed by atoms with Crippen LogP contribution in [0.5, 0.6) is 0 Å². The van der Waals surface area contributed by atoms with Crippen LogP contribution in [0.25, 0.3) is 0 Å². The molecule has 0 saturated heterocycles. The summed E-state index contributed by atoms with van der Waals surface area (Å²) in [6.07, 6.45) is -1.35. The molecule has 0 aliphatic heterocycles. The third-order valence-corrected chi connectivity index (χ3v) is 3.74. The first-order valence-electron chi connectivity index (χ1n) is 10.4. The summed E-state index contributed by atoms with van der Waals surface area (Å²) >= 11 is 0. The number of nitrogens with one attached hydrogen (secondary N) is 4. The number of carbonyl (C=O) groups excluding carboxylic acids is 4. The summed E-state index contributed by atoms with van der Waals surface area (Å²) < 4.78 is 10.3. The van der Waals surface area contributed by atoms with Crippen LogP contribution < -0.4 is 21.3 Å². The van der Waals surface area contributed by atoms with Gasteiger partial charge < -0.3 is 30.7 Å². The van der Waals surface area contributed by atoms with E-state index in [1.165, 1.54) is 0 Å². The summed E-state index contributed by atoms with van der Waals surface area (Å²) in [7, 11) is 0. The Kier molecular flexibility index (Phi) is 10.3. The van der Waals surface area contributed by atoms with Crippen LogP contribution in [0.1, 0.15) is 69.2 Å². The minimum absolute atomic E-state index is 0.264. The van der Waals surface area contributed by atoms with E-state index in [1.807, 2.05) is 13.8 Å². The van der Waals surface area contributed by atoms with Crippen LogP contribution in [-0.4, -0.2) is 60.4 Å². The lowest BCUT2D eigenvalue weighted by Crippen LogP contribution is -2.51. The number of ether oxygens (including phenoxy) is 2. The fraction of sp³-hybridized carbons (Fsp3) is 0.810. The highest BCUT2D eigenvalue weighted by Gasteiger charge is 2.26. The Morgan fingerprint density at radius 2 is 0.935 bits per heavy atom. The molecule has 4 N–H and O–H groups in total. The summed E-state index contributed by atoms with van der Waals surface area (Å²) in [5.74, 6) is -0.740. The molecule has 0 unspecified atom stereocenters. The van der Waals surface area contributed by atoms with Crippen LogP contribution in [0.15, 0.2) is 0 Å². The lowest BCUT2D eigenvalue weighted by Gasteiger charge is -2.27. The molecule has 0 bridgehead atoms. The molecule has 0 saturated carbocycles. The Balaban J connectivity index is 4.45. The molecule has 0 heterocycles.